The van der Waals surface area contributed by atoms with Crippen molar-refractivity contribution in [3.05, 3.63) is 59.7 Å². The highest BCUT2D eigenvalue weighted by molar-refractivity contribution is 7.89. The molecule has 3 rings (SSSR count). The number of aryl methyl sites for hydroxylation is 1. The summed E-state index contributed by atoms with van der Waals surface area (Å²) in [5.41, 5.74) is 0.716. The first-order valence-corrected chi connectivity index (χ1v) is 9.57. The zero-order valence-electron chi connectivity index (χ0n) is 14.1. The van der Waals surface area contributed by atoms with E-state index < -0.39 is 33.6 Å². The molecule has 1 fully saturated rings. The van der Waals surface area contributed by atoms with Crippen molar-refractivity contribution >= 4 is 21.6 Å². The predicted molar refractivity (Wildman–Crippen MR) is 93.1 cm³/mol. The van der Waals surface area contributed by atoms with Gasteiger partial charge in [-0.2, -0.15) is 4.31 Å². The van der Waals surface area contributed by atoms with Gasteiger partial charge in [-0.3, -0.25) is 4.79 Å². The van der Waals surface area contributed by atoms with Crippen LogP contribution in [0.4, 0.5) is 14.5 Å². The third kappa shape index (κ3) is 3.61. The Balaban J connectivity index is 1.81. The van der Waals surface area contributed by atoms with Crippen molar-refractivity contribution in [3.63, 3.8) is 0 Å². The van der Waals surface area contributed by atoms with Gasteiger partial charge in [-0.15, -0.1) is 0 Å². The molecule has 2 aromatic rings. The third-order valence-corrected chi connectivity index (χ3v) is 6.29. The van der Waals surface area contributed by atoms with Crippen molar-refractivity contribution in [1.82, 2.24) is 4.31 Å². The lowest BCUT2D eigenvalue weighted by atomic mass is 10.2. The van der Waals surface area contributed by atoms with Crippen LogP contribution in [0.3, 0.4) is 0 Å². The van der Waals surface area contributed by atoms with Crippen molar-refractivity contribution < 1.29 is 22.0 Å². The average molecular weight is 380 g/mol. The molecular formula is C18H18F2N2O3S. The molecular weight excluding hydrogens is 362 g/mol. The molecule has 8 heteroatoms. The van der Waals surface area contributed by atoms with E-state index in [9.17, 15) is 22.0 Å². The van der Waals surface area contributed by atoms with Crippen molar-refractivity contribution in [2.45, 2.75) is 30.7 Å². The fourth-order valence-corrected chi connectivity index (χ4v) is 4.58. The van der Waals surface area contributed by atoms with Crippen LogP contribution >= 0.6 is 0 Å². The number of anilines is 1. The first-order valence-electron chi connectivity index (χ1n) is 8.13. The van der Waals surface area contributed by atoms with E-state index in [0.717, 1.165) is 16.4 Å². The first kappa shape index (κ1) is 18.5. The Bertz CT molecular complexity index is 930. The number of carbonyl (C=O) groups is 1. The molecule has 0 aromatic heterocycles. The Hall–Kier alpha value is -2.32. The monoisotopic (exact) mass is 380 g/mol. The molecule has 0 bridgehead atoms. The SMILES string of the molecule is Cc1ccc(NC(=O)[C@H]2CCCN2S(=O)(=O)c2ccc(F)cc2)cc1F. The molecule has 1 saturated heterocycles. The van der Waals surface area contributed by atoms with E-state index in [-0.39, 0.29) is 17.1 Å². The fraction of sp³-hybridized carbons (Fsp3) is 0.278. The molecule has 1 aliphatic rings. The largest absolute Gasteiger partial charge is 0.325 e. The second kappa shape index (κ2) is 7.13. The number of nitrogens with one attached hydrogen (secondary N) is 1. The van der Waals surface area contributed by atoms with Crippen LogP contribution in [0.1, 0.15) is 18.4 Å². The lowest BCUT2D eigenvalue weighted by molar-refractivity contribution is -0.119. The molecule has 0 aliphatic carbocycles. The summed E-state index contributed by atoms with van der Waals surface area (Å²) >= 11 is 0. The van der Waals surface area contributed by atoms with Crippen LogP contribution in [0.5, 0.6) is 0 Å². The van der Waals surface area contributed by atoms with E-state index in [2.05, 4.69) is 5.32 Å². The maximum Gasteiger partial charge on any atom is 0.243 e. The van der Waals surface area contributed by atoms with Gasteiger partial charge >= 0.3 is 0 Å². The van der Waals surface area contributed by atoms with Gasteiger partial charge in [0.1, 0.15) is 17.7 Å². The van der Waals surface area contributed by atoms with Crippen molar-refractivity contribution in [2.75, 3.05) is 11.9 Å². The highest BCUT2D eigenvalue weighted by Crippen LogP contribution is 2.27. The van der Waals surface area contributed by atoms with Crippen molar-refractivity contribution in [1.29, 1.82) is 0 Å². The summed E-state index contributed by atoms with van der Waals surface area (Å²) in [6.45, 7) is 1.80. The van der Waals surface area contributed by atoms with Crippen LogP contribution in [-0.4, -0.2) is 31.2 Å². The van der Waals surface area contributed by atoms with Gasteiger partial charge in [-0.1, -0.05) is 6.07 Å². The molecule has 1 heterocycles. The van der Waals surface area contributed by atoms with Gasteiger partial charge in [0.2, 0.25) is 15.9 Å². The smallest absolute Gasteiger partial charge is 0.243 e. The number of halogens is 2. The van der Waals surface area contributed by atoms with E-state index in [1.165, 1.54) is 24.3 Å². The fourth-order valence-electron chi connectivity index (χ4n) is 2.93. The number of sulfonamides is 1. The number of carbonyl (C=O) groups excluding carboxylic acids is 1. The van der Waals surface area contributed by atoms with E-state index in [1.54, 1.807) is 13.0 Å². The second-order valence-electron chi connectivity index (χ2n) is 6.18. The molecule has 0 unspecified atom stereocenters. The molecule has 1 atom stereocenters. The average Bonchev–Trinajstić information content (AvgIpc) is 3.09. The maximum atomic E-state index is 13.6. The quantitative estimate of drug-likeness (QED) is 0.887. The van der Waals surface area contributed by atoms with Crippen LogP contribution < -0.4 is 5.32 Å². The highest BCUT2D eigenvalue weighted by atomic mass is 32.2. The molecule has 26 heavy (non-hydrogen) atoms. The van der Waals surface area contributed by atoms with Gasteiger partial charge in [0.15, 0.2) is 0 Å². The van der Waals surface area contributed by atoms with Crippen molar-refractivity contribution in [3.8, 4) is 0 Å². The zero-order chi connectivity index (χ0) is 18.9. The number of hydrogen-bond donors (Lipinski definition) is 1. The molecule has 0 spiro atoms. The second-order valence-corrected chi connectivity index (χ2v) is 8.07. The van der Waals surface area contributed by atoms with Crippen LogP contribution in [0.2, 0.25) is 0 Å². The molecule has 2 aromatic carbocycles. The standard InChI is InChI=1S/C18H18F2N2O3S/c1-12-4-7-14(11-16(12)20)21-18(23)17-3-2-10-22(17)26(24,25)15-8-5-13(19)6-9-15/h4-9,11,17H,2-3,10H2,1H3,(H,21,23)/t17-/m1/s1. The first-order chi connectivity index (χ1) is 12.3. The Morgan fingerprint density at radius 3 is 2.50 bits per heavy atom. The summed E-state index contributed by atoms with van der Waals surface area (Å²) in [5.74, 6) is -1.51. The van der Waals surface area contributed by atoms with E-state index >= 15 is 0 Å². The zero-order valence-corrected chi connectivity index (χ0v) is 14.9. The maximum absolute atomic E-state index is 13.6. The molecule has 1 N–H and O–H groups in total. The van der Waals surface area contributed by atoms with Gasteiger partial charge in [-0.05, 0) is 61.7 Å². The van der Waals surface area contributed by atoms with E-state index in [0.29, 0.717) is 18.4 Å². The molecule has 0 saturated carbocycles. The number of rotatable bonds is 4. The summed E-state index contributed by atoms with van der Waals surface area (Å²) in [7, 11) is -3.93. The molecule has 1 amide bonds. The summed E-state index contributed by atoms with van der Waals surface area (Å²) in [6.07, 6.45) is 0.890. The normalized spacial score (nSPS) is 18.0. The van der Waals surface area contributed by atoms with Gasteiger partial charge < -0.3 is 5.32 Å². The number of benzene rings is 2. The molecule has 5 nitrogen and oxygen atoms in total. The Kier molecular flexibility index (Phi) is 5.06. The van der Waals surface area contributed by atoms with Crippen molar-refractivity contribution in [2.24, 2.45) is 0 Å². The number of amides is 1. The lowest BCUT2D eigenvalue weighted by Crippen LogP contribution is -2.43. The van der Waals surface area contributed by atoms with E-state index in [1.807, 2.05) is 0 Å². The summed E-state index contributed by atoms with van der Waals surface area (Å²) in [4.78, 5) is 12.5. The van der Waals surface area contributed by atoms with Crippen LogP contribution in [0.15, 0.2) is 47.4 Å². The summed E-state index contributed by atoms with van der Waals surface area (Å²) in [6, 6.07) is 7.87. The van der Waals surface area contributed by atoms with Gasteiger partial charge in [0, 0.05) is 12.2 Å². The Labute approximate surface area is 150 Å². The topological polar surface area (TPSA) is 66.5 Å². The van der Waals surface area contributed by atoms with Gasteiger partial charge in [0.05, 0.1) is 4.90 Å². The minimum Gasteiger partial charge on any atom is -0.325 e. The van der Waals surface area contributed by atoms with Crippen LogP contribution in [0.25, 0.3) is 0 Å². The van der Waals surface area contributed by atoms with Crippen LogP contribution in [0, 0.1) is 18.6 Å². The minimum atomic E-state index is -3.93. The minimum absolute atomic E-state index is 0.0695. The summed E-state index contributed by atoms with van der Waals surface area (Å²) in [5, 5.41) is 2.57. The van der Waals surface area contributed by atoms with Gasteiger partial charge in [-0.25, -0.2) is 17.2 Å². The Morgan fingerprint density at radius 2 is 1.85 bits per heavy atom. The van der Waals surface area contributed by atoms with Gasteiger partial charge in [0.25, 0.3) is 0 Å². The van der Waals surface area contributed by atoms with Crippen LogP contribution in [-0.2, 0) is 14.8 Å². The highest BCUT2D eigenvalue weighted by Gasteiger charge is 2.39. The van der Waals surface area contributed by atoms with E-state index in [4.69, 9.17) is 0 Å². The molecule has 0 radical (unpaired) electrons. The summed E-state index contributed by atoms with van der Waals surface area (Å²) < 4.78 is 53.4. The predicted octanol–water partition coefficient (Wildman–Crippen LogP) is 3.07. The Morgan fingerprint density at radius 1 is 1.15 bits per heavy atom. The number of nitrogens with zero attached hydrogens (tertiary/aromatic N) is 1. The lowest BCUT2D eigenvalue weighted by Gasteiger charge is -2.23. The molecule has 1 aliphatic heterocycles. The number of hydrogen-bond acceptors (Lipinski definition) is 3. The third-order valence-electron chi connectivity index (χ3n) is 4.37. The molecule has 138 valence electrons.